The third-order valence-corrected chi connectivity index (χ3v) is 4.04. The van der Waals surface area contributed by atoms with E-state index in [-0.39, 0.29) is 11.4 Å². The van der Waals surface area contributed by atoms with Crippen molar-refractivity contribution in [2.45, 2.75) is 31.9 Å². The van der Waals surface area contributed by atoms with E-state index in [9.17, 15) is 4.39 Å². The molecule has 0 radical (unpaired) electrons. The number of aromatic nitrogens is 1. The zero-order valence-corrected chi connectivity index (χ0v) is 10.7. The van der Waals surface area contributed by atoms with E-state index in [2.05, 4.69) is 16.8 Å². The van der Waals surface area contributed by atoms with E-state index in [1.54, 1.807) is 12.3 Å². The van der Waals surface area contributed by atoms with Crippen molar-refractivity contribution in [1.29, 1.82) is 0 Å². The molecule has 2 saturated heterocycles. The number of ether oxygens (including phenoxy) is 1. The molecule has 1 spiro atoms. The Bertz CT molecular complexity index is 440. The average Bonchev–Trinajstić information content (AvgIpc) is 2.90. The molecule has 0 bridgehead atoms. The standard InChI is InChI=1S/C14H19FN2O/c1-11-6-14(18-9-11)3-5-17(10-14)8-12-2-4-16-7-13(12)15/h2,4,7,11H,3,5-6,8-10H2,1H3/t11-,14+/m1/s1. The second-order valence-corrected chi connectivity index (χ2v) is 5.73. The van der Waals surface area contributed by atoms with E-state index in [0.717, 1.165) is 38.1 Å². The third-order valence-electron chi connectivity index (χ3n) is 4.04. The number of pyridine rings is 1. The molecule has 0 aliphatic carbocycles. The van der Waals surface area contributed by atoms with Crippen LogP contribution in [-0.4, -0.2) is 35.2 Å². The zero-order valence-electron chi connectivity index (χ0n) is 10.7. The van der Waals surface area contributed by atoms with Crippen molar-refractivity contribution in [3.05, 3.63) is 29.8 Å². The van der Waals surface area contributed by atoms with E-state index >= 15 is 0 Å². The lowest BCUT2D eigenvalue weighted by atomic mass is 9.94. The molecule has 98 valence electrons. The minimum atomic E-state index is -0.209. The zero-order chi connectivity index (χ0) is 12.6. The first kappa shape index (κ1) is 12.1. The van der Waals surface area contributed by atoms with E-state index in [1.165, 1.54) is 6.20 Å². The number of nitrogens with zero attached hydrogens (tertiary/aromatic N) is 2. The molecule has 18 heavy (non-hydrogen) atoms. The summed E-state index contributed by atoms with van der Waals surface area (Å²) in [6, 6.07) is 1.76. The van der Waals surface area contributed by atoms with Gasteiger partial charge in [-0.15, -0.1) is 0 Å². The molecule has 0 unspecified atom stereocenters. The van der Waals surface area contributed by atoms with E-state index < -0.39 is 0 Å². The Hall–Kier alpha value is -1.00. The molecule has 2 atom stereocenters. The lowest BCUT2D eigenvalue weighted by Gasteiger charge is -2.23. The van der Waals surface area contributed by atoms with Crippen molar-refractivity contribution in [2.24, 2.45) is 5.92 Å². The highest BCUT2D eigenvalue weighted by Gasteiger charge is 2.44. The van der Waals surface area contributed by atoms with E-state index in [0.29, 0.717) is 12.5 Å². The third kappa shape index (κ3) is 2.27. The molecule has 1 aromatic rings. The summed E-state index contributed by atoms with van der Waals surface area (Å²) < 4.78 is 19.5. The van der Waals surface area contributed by atoms with Crippen molar-refractivity contribution < 1.29 is 9.13 Å². The highest BCUT2D eigenvalue weighted by atomic mass is 19.1. The van der Waals surface area contributed by atoms with Gasteiger partial charge in [0.05, 0.1) is 18.4 Å². The summed E-state index contributed by atoms with van der Waals surface area (Å²) >= 11 is 0. The lowest BCUT2D eigenvalue weighted by molar-refractivity contribution is 0.0112. The first-order chi connectivity index (χ1) is 8.67. The predicted octanol–water partition coefficient (Wildman–Crippen LogP) is 2.22. The van der Waals surface area contributed by atoms with E-state index in [4.69, 9.17) is 4.74 Å². The van der Waals surface area contributed by atoms with Crippen LogP contribution in [0.1, 0.15) is 25.3 Å². The summed E-state index contributed by atoms with van der Waals surface area (Å²) in [7, 11) is 0. The summed E-state index contributed by atoms with van der Waals surface area (Å²) in [6.45, 7) is 5.69. The molecule has 3 heterocycles. The number of halogens is 1. The second-order valence-electron chi connectivity index (χ2n) is 5.73. The monoisotopic (exact) mass is 250 g/mol. The molecule has 3 rings (SSSR count). The Morgan fingerprint density at radius 1 is 1.61 bits per heavy atom. The van der Waals surface area contributed by atoms with Crippen LogP contribution in [-0.2, 0) is 11.3 Å². The summed E-state index contributed by atoms with van der Waals surface area (Å²) in [5, 5.41) is 0. The van der Waals surface area contributed by atoms with Crippen LogP contribution in [0.4, 0.5) is 4.39 Å². The summed E-state index contributed by atoms with van der Waals surface area (Å²) in [5.41, 5.74) is 0.774. The Labute approximate surface area is 107 Å². The number of rotatable bonds is 2. The minimum absolute atomic E-state index is 0.0446. The van der Waals surface area contributed by atoms with Gasteiger partial charge in [-0.05, 0) is 24.8 Å². The van der Waals surface area contributed by atoms with Crippen molar-refractivity contribution in [3.8, 4) is 0 Å². The van der Waals surface area contributed by atoms with Crippen molar-refractivity contribution >= 4 is 0 Å². The van der Waals surface area contributed by atoms with Crippen LogP contribution in [0, 0.1) is 11.7 Å². The lowest BCUT2D eigenvalue weighted by Crippen LogP contribution is -2.32. The largest absolute Gasteiger partial charge is 0.373 e. The maximum atomic E-state index is 13.6. The highest BCUT2D eigenvalue weighted by molar-refractivity contribution is 5.13. The molecule has 2 aliphatic rings. The Balaban J connectivity index is 1.65. The van der Waals surface area contributed by atoms with Crippen molar-refractivity contribution in [3.63, 3.8) is 0 Å². The number of hydrogen-bond donors (Lipinski definition) is 0. The number of hydrogen-bond acceptors (Lipinski definition) is 3. The van der Waals surface area contributed by atoms with Crippen LogP contribution in [0.15, 0.2) is 18.5 Å². The molecule has 2 aliphatic heterocycles. The molecule has 0 N–H and O–H groups in total. The molecule has 0 amide bonds. The van der Waals surface area contributed by atoms with E-state index in [1.807, 2.05) is 0 Å². The predicted molar refractivity (Wildman–Crippen MR) is 66.6 cm³/mol. The molecule has 0 aromatic carbocycles. The van der Waals surface area contributed by atoms with Gasteiger partial charge in [-0.1, -0.05) is 6.92 Å². The maximum Gasteiger partial charge on any atom is 0.145 e. The van der Waals surface area contributed by atoms with Gasteiger partial charge < -0.3 is 4.74 Å². The van der Waals surface area contributed by atoms with Crippen molar-refractivity contribution in [1.82, 2.24) is 9.88 Å². The first-order valence-electron chi connectivity index (χ1n) is 6.62. The molecular formula is C14H19FN2O. The van der Waals surface area contributed by atoms with Gasteiger partial charge in [0, 0.05) is 31.4 Å². The minimum Gasteiger partial charge on any atom is -0.373 e. The molecular weight excluding hydrogens is 231 g/mol. The van der Waals surface area contributed by atoms with Gasteiger partial charge in [-0.3, -0.25) is 9.88 Å². The maximum absolute atomic E-state index is 13.6. The SMILES string of the molecule is C[C@H]1CO[C@@]2(CCN(Cc3ccncc3F)C2)C1. The van der Waals surface area contributed by atoms with Crippen LogP contribution in [0.3, 0.4) is 0 Å². The molecule has 2 fully saturated rings. The molecule has 1 aromatic heterocycles. The smallest absolute Gasteiger partial charge is 0.145 e. The van der Waals surface area contributed by atoms with Gasteiger partial charge in [0.15, 0.2) is 0 Å². The Kier molecular flexibility index (Phi) is 3.08. The topological polar surface area (TPSA) is 25.4 Å². The highest BCUT2D eigenvalue weighted by Crippen LogP contribution is 2.38. The second kappa shape index (κ2) is 4.59. The molecule has 3 nitrogen and oxygen atoms in total. The van der Waals surface area contributed by atoms with Crippen LogP contribution >= 0.6 is 0 Å². The van der Waals surface area contributed by atoms with Crippen LogP contribution in [0.5, 0.6) is 0 Å². The van der Waals surface area contributed by atoms with Gasteiger partial charge in [0.25, 0.3) is 0 Å². The van der Waals surface area contributed by atoms with Crippen LogP contribution in [0.2, 0.25) is 0 Å². The summed E-state index contributed by atoms with van der Waals surface area (Å²) in [5.74, 6) is 0.446. The summed E-state index contributed by atoms with van der Waals surface area (Å²) in [6.07, 6.45) is 5.15. The normalized spacial score (nSPS) is 32.4. The fourth-order valence-electron chi connectivity index (χ4n) is 3.19. The Morgan fingerprint density at radius 3 is 3.22 bits per heavy atom. The van der Waals surface area contributed by atoms with Gasteiger partial charge in [-0.25, -0.2) is 4.39 Å². The Morgan fingerprint density at radius 2 is 2.50 bits per heavy atom. The molecule has 0 saturated carbocycles. The quantitative estimate of drug-likeness (QED) is 0.804. The van der Waals surface area contributed by atoms with Gasteiger partial charge in [0.1, 0.15) is 5.82 Å². The summed E-state index contributed by atoms with van der Waals surface area (Å²) in [4.78, 5) is 6.07. The first-order valence-corrected chi connectivity index (χ1v) is 6.62. The average molecular weight is 250 g/mol. The number of likely N-dealkylation sites (tertiary alicyclic amines) is 1. The van der Waals surface area contributed by atoms with Crippen molar-refractivity contribution in [2.75, 3.05) is 19.7 Å². The van der Waals surface area contributed by atoms with Crippen LogP contribution < -0.4 is 0 Å². The molecule has 4 heteroatoms. The van der Waals surface area contributed by atoms with Crippen LogP contribution in [0.25, 0.3) is 0 Å². The van der Waals surface area contributed by atoms with Gasteiger partial charge >= 0.3 is 0 Å². The fraction of sp³-hybridized carbons (Fsp3) is 0.643. The fourth-order valence-corrected chi connectivity index (χ4v) is 3.19. The van der Waals surface area contributed by atoms with Gasteiger partial charge in [0.2, 0.25) is 0 Å². The van der Waals surface area contributed by atoms with Gasteiger partial charge in [-0.2, -0.15) is 0 Å².